The van der Waals surface area contributed by atoms with Crippen molar-refractivity contribution >= 4 is 16.8 Å². The molecular formula is C17H18N2O2. The normalized spacial score (nSPS) is 17.6. The summed E-state index contributed by atoms with van der Waals surface area (Å²) in [5, 5.41) is 0.652. The number of hydrogen-bond donors (Lipinski definition) is 0. The van der Waals surface area contributed by atoms with Gasteiger partial charge in [0.1, 0.15) is 6.54 Å². The van der Waals surface area contributed by atoms with Crippen molar-refractivity contribution in [1.82, 2.24) is 9.47 Å². The summed E-state index contributed by atoms with van der Waals surface area (Å²) in [7, 11) is 0. The summed E-state index contributed by atoms with van der Waals surface area (Å²) in [6.07, 6.45) is 6.75. The van der Waals surface area contributed by atoms with Gasteiger partial charge in [0.05, 0.1) is 11.6 Å². The molecule has 4 heteroatoms. The van der Waals surface area contributed by atoms with E-state index in [1.54, 1.807) is 12.3 Å². The number of carbonyl (C=O) groups is 1. The topological polar surface area (TPSA) is 42.3 Å². The van der Waals surface area contributed by atoms with E-state index in [2.05, 4.69) is 13.0 Å². The zero-order chi connectivity index (χ0) is 14.8. The summed E-state index contributed by atoms with van der Waals surface area (Å²) in [6, 6.07) is 9.12. The van der Waals surface area contributed by atoms with Crippen molar-refractivity contribution in [2.45, 2.75) is 25.9 Å². The molecule has 0 spiro atoms. The zero-order valence-corrected chi connectivity index (χ0v) is 12.0. The number of aromatic nitrogens is 1. The van der Waals surface area contributed by atoms with Crippen molar-refractivity contribution in [3.63, 3.8) is 0 Å². The highest BCUT2D eigenvalue weighted by Gasteiger charge is 2.23. The molecule has 0 fully saturated rings. The van der Waals surface area contributed by atoms with Crippen molar-refractivity contribution in [1.29, 1.82) is 0 Å². The van der Waals surface area contributed by atoms with E-state index in [1.165, 1.54) is 6.07 Å². The van der Waals surface area contributed by atoms with E-state index in [-0.39, 0.29) is 23.9 Å². The first kappa shape index (κ1) is 13.6. The Bertz CT molecular complexity index is 761. The summed E-state index contributed by atoms with van der Waals surface area (Å²) in [6.45, 7) is 3.02. The highest BCUT2D eigenvalue weighted by molar-refractivity contribution is 5.82. The number of amides is 1. The van der Waals surface area contributed by atoms with Gasteiger partial charge in [-0.05, 0) is 18.6 Å². The van der Waals surface area contributed by atoms with Gasteiger partial charge in [-0.2, -0.15) is 0 Å². The van der Waals surface area contributed by atoms with Gasteiger partial charge in [-0.15, -0.1) is 0 Å². The lowest BCUT2D eigenvalue weighted by molar-refractivity contribution is -0.132. The molecule has 2 aromatic rings. The Morgan fingerprint density at radius 1 is 1.29 bits per heavy atom. The molecule has 3 rings (SSSR count). The van der Waals surface area contributed by atoms with Crippen LogP contribution in [0.1, 0.15) is 13.3 Å². The Kier molecular flexibility index (Phi) is 3.60. The number of nitrogens with zero attached hydrogens (tertiary/aromatic N) is 2. The minimum absolute atomic E-state index is 0.0106. The van der Waals surface area contributed by atoms with Gasteiger partial charge in [0.25, 0.3) is 0 Å². The molecule has 0 saturated carbocycles. The number of para-hydroxylation sites is 1. The van der Waals surface area contributed by atoms with Gasteiger partial charge in [0.2, 0.25) is 5.91 Å². The summed E-state index contributed by atoms with van der Waals surface area (Å²) in [5.74, 6) is 0.0839. The van der Waals surface area contributed by atoms with E-state index < -0.39 is 0 Å². The highest BCUT2D eigenvalue weighted by Crippen LogP contribution is 2.15. The maximum atomic E-state index is 12.5. The van der Waals surface area contributed by atoms with Crippen LogP contribution in [0, 0.1) is 0 Å². The largest absolute Gasteiger partial charge is 0.338 e. The number of hydrogen-bond acceptors (Lipinski definition) is 2. The second-order valence-electron chi connectivity index (χ2n) is 5.27. The number of rotatable bonds is 3. The average Bonchev–Trinajstić information content (AvgIpc) is 2.99. The van der Waals surface area contributed by atoms with Crippen molar-refractivity contribution in [2.24, 2.45) is 0 Å². The molecule has 0 saturated heterocycles. The Labute approximate surface area is 123 Å². The predicted molar refractivity (Wildman–Crippen MR) is 83.1 cm³/mol. The first-order valence-electron chi connectivity index (χ1n) is 7.25. The van der Waals surface area contributed by atoms with Crippen molar-refractivity contribution in [3.8, 4) is 0 Å². The fourth-order valence-electron chi connectivity index (χ4n) is 2.85. The van der Waals surface area contributed by atoms with Gasteiger partial charge in [-0.25, -0.2) is 0 Å². The van der Waals surface area contributed by atoms with E-state index in [0.717, 1.165) is 11.9 Å². The summed E-state index contributed by atoms with van der Waals surface area (Å²) in [5.41, 5.74) is 0.794. The maximum Gasteiger partial charge on any atom is 0.243 e. The fourth-order valence-corrected chi connectivity index (χ4v) is 2.85. The van der Waals surface area contributed by atoms with Crippen molar-refractivity contribution in [3.05, 3.63) is 58.9 Å². The molecule has 1 aliphatic heterocycles. The third-order valence-corrected chi connectivity index (χ3v) is 3.99. The monoisotopic (exact) mass is 282 g/mol. The number of pyridine rings is 1. The van der Waals surface area contributed by atoms with Crippen LogP contribution in [0.2, 0.25) is 0 Å². The van der Waals surface area contributed by atoms with E-state index in [9.17, 15) is 9.59 Å². The van der Waals surface area contributed by atoms with E-state index in [0.29, 0.717) is 11.9 Å². The molecule has 1 unspecified atom stereocenters. The lowest BCUT2D eigenvalue weighted by Crippen LogP contribution is -2.38. The number of carbonyl (C=O) groups excluding carboxylic acids is 1. The third-order valence-electron chi connectivity index (χ3n) is 3.99. The minimum atomic E-state index is -0.0106. The van der Waals surface area contributed by atoms with E-state index >= 15 is 0 Å². The van der Waals surface area contributed by atoms with Gasteiger partial charge in [0, 0.05) is 24.2 Å². The highest BCUT2D eigenvalue weighted by atomic mass is 16.2. The van der Waals surface area contributed by atoms with Gasteiger partial charge in [0.15, 0.2) is 5.43 Å². The maximum absolute atomic E-state index is 12.5. The van der Waals surface area contributed by atoms with E-state index in [4.69, 9.17) is 0 Å². The first-order valence-corrected chi connectivity index (χ1v) is 7.25. The van der Waals surface area contributed by atoms with Crippen LogP contribution in [0.5, 0.6) is 0 Å². The molecule has 0 bridgehead atoms. The molecule has 1 amide bonds. The Morgan fingerprint density at radius 3 is 2.90 bits per heavy atom. The van der Waals surface area contributed by atoms with Crippen LogP contribution in [-0.2, 0) is 11.3 Å². The summed E-state index contributed by atoms with van der Waals surface area (Å²) in [4.78, 5) is 26.2. The quantitative estimate of drug-likeness (QED) is 0.810. The number of fused-ring (bicyclic) bond motifs is 1. The molecule has 0 N–H and O–H groups in total. The van der Waals surface area contributed by atoms with Crippen LogP contribution < -0.4 is 5.43 Å². The van der Waals surface area contributed by atoms with Gasteiger partial charge in [-0.1, -0.05) is 31.2 Å². The zero-order valence-electron chi connectivity index (χ0n) is 12.0. The second kappa shape index (κ2) is 5.56. The van der Waals surface area contributed by atoms with Crippen LogP contribution in [0.3, 0.4) is 0 Å². The molecule has 1 atom stereocenters. The van der Waals surface area contributed by atoms with Crippen LogP contribution in [0.25, 0.3) is 10.9 Å². The molecule has 4 nitrogen and oxygen atoms in total. The van der Waals surface area contributed by atoms with Crippen LogP contribution in [0.15, 0.2) is 53.5 Å². The second-order valence-corrected chi connectivity index (χ2v) is 5.27. The lowest BCUT2D eigenvalue weighted by Gasteiger charge is -2.24. The van der Waals surface area contributed by atoms with Crippen LogP contribution in [0.4, 0.5) is 0 Å². The molecular weight excluding hydrogens is 264 g/mol. The van der Waals surface area contributed by atoms with Crippen molar-refractivity contribution < 1.29 is 4.79 Å². The lowest BCUT2D eigenvalue weighted by atomic mass is 10.2. The van der Waals surface area contributed by atoms with Gasteiger partial charge in [-0.3, -0.25) is 9.59 Å². The molecule has 0 radical (unpaired) electrons. The molecule has 108 valence electrons. The van der Waals surface area contributed by atoms with Crippen LogP contribution >= 0.6 is 0 Å². The van der Waals surface area contributed by atoms with Crippen LogP contribution in [-0.4, -0.2) is 28.0 Å². The third kappa shape index (κ3) is 2.49. The number of benzene rings is 1. The average molecular weight is 282 g/mol. The van der Waals surface area contributed by atoms with Crippen molar-refractivity contribution in [2.75, 3.05) is 6.54 Å². The predicted octanol–water partition coefficient (Wildman–Crippen LogP) is 2.18. The SMILES string of the molecule is CCC1C=CCN1C(=O)Cn1ccc(=O)c2ccccc21. The fraction of sp³-hybridized carbons (Fsp3) is 0.294. The van der Waals surface area contributed by atoms with E-state index in [1.807, 2.05) is 33.7 Å². The first-order chi connectivity index (χ1) is 10.2. The van der Waals surface area contributed by atoms with Gasteiger partial charge < -0.3 is 9.47 Å². The summed E-state index contributed by atoms with van der Waals surface area (Å²) < 4.78 is 1.85. The smallest absolute Gasteiger partial charge is 0.243 e. The molecule has 0 aliphatic carbocycles. The summed E-state index contributed by atoms with van der Waals surface area (Å²) >= 11 is 0. The Morgan fingerprint density at radius 2 is 2.10 bits per heavy atom. The molecule has 2 heterocycles. The standard InChI is InChI=1S/C17H18N2O2/c1-2-13-6-5-10-19(13)17(21)12-18-11-9-16(20)14-7-3-4-8-15(14)18/h3-9,11,13H,2,10,12H2,1H3. The molecule has 1 aromatic carbocycles. The molecule has 1 aliphatic rings. The minimum Gasteiger partial charge on any atom is -0.338 e. The Balaban J connectivity index is 1.90. The Hall–Kier alpha value is -2.36. The van der Waals surface area contributed by atoms with Gasteiger partial charge >= 0.3 is 0 Å². The molecule has 21 heavy (non-hydrogen) atoms. The molecule has 1 aromatic heterocycles.